The first-order chi connectivity index (χ1) is 17.6. The minimum atomic E-state index is -6.69. The van der Waals surface area contributed by atoms with Gasteiger partial charge in [-0.1, -0.05) is 12.1 Å². The Morgan fingerprint density at radius 2 is 1.68 bits per heavy atom. The van der Waals surface area contributed by atoms with E-state index in [-0.39, 0.29) is 58.9 Å². The summed E-state index contributed by atoms with van der Waals surface area (Å²) in [6, 6.07) is 6.02. The number of ether oxygens (including phenoxy) is 1. The molecule has 0 bridgehead atoms. The minimum Gasteiger partial charge on any atom is -0.465 e. The second-order valence-corrected chi connectivity index (χ2v) is 8.23. The number of para-hydroxylation sites is 1. The molecule has 1 N–H and O–H groups in total. The molecule has 206 valence electrons. The average Bonchev–Trinajstić information content (AvgIpc) is 3.21. The van der Waals surface area contributed by atoms with E-state index in [0.717, 1.165) is 17.4 Å². The first-order valence-electron chi connectivity index (χ1n) is 10.8. The van der Waals surface area contributed by atoms with Gasteiger partial charge in [0.15, 0.2) is 5.76 Å². The molecule has 8 nitrogen and oxygen atoms in total. The zero-order chi connectivity index (χ0) is 28.6. The first kappa shape index (κ1) is 28.7. The number of hydrazone groups is 1. The van der Waals surface area contributed by atoms with Gasteiger partial charge in [-0.2, -0.15) is 35.8 Å². The van der Waals surface area contributed by atoms with Crippen molar-refractivity contribution in [3.63, 3.8) is 0 Å². The van der Waals surface area contributed by atoms with E-state index in [2.05, 4.69) is 5.10 Å². The van der Waals surface area contributed by atoms with Gasteiger partial charge < -0.3 is 14.1 Å². The predicted octanol–water partition coefficient (Wildman–Crippen LogP) is 4.64. The lowest BCUT2D eigenvalue weighted by molar-refractivity contribution is -0.344. The van der Waals surface area contributed by atoms with E-state index in [1.54, 1.807) is 12.1 Å². The summed E-state index contributed by atoms with van der Waals surface area (Å²) >= 11 is 0. The number of rotatable bonds is 6. The normalized spacial score (nSPS) is 15.2. The number of halogens is 7. The summed E-state index contributed by atoms with van der Waals surface area (Å²) in [5.74, 6) is -17.3. The van der Waals surface area contributed by atoms with Crippen molar-refractivity contribution in [2.24, 2.45) is 5.10 Å². The third kappa shape index (κ3) is 4.84. The number of esters is 1. The second-order valence-electron chi connectivity index (χ2n) is 8.23. The maximum atomic E-state index is 13.6. The number of nitrogens with zero attached hydrogens (tertiary/aromatic N) is 2. The Hall–Kier alpha value is -3.91. The van der Waals surface area contributed by atoms with Crippen molar-refractivity contribution in [1.29, 1.82) is 0 Å². The number of methoxy groups -OCH3 is 1. The van der Waals surface area contributed by atoms with Crippen LogP contribution in [0.25, 0.3) is 0 Å². The highest BCUT2D eigenvalue weighted by atomic mass is 19.4. The fourth-order valence-electron chi connectivity index (χ4n) is 3.80. The third-order valence-electron chi connectivity index (χ3n) is 5.82. The number of carbonyl (C=O) groups is 3. The zero-order valence-electron chi connectivity index (χ0n) is 20.0. The smallest absolute Gasteiger partial charge is 0.460 e. The van der Waals surface area contributed by atoms with E-state index < -0.39 is 35.8 Å². The third-order valence-corrected chi connectivity index (χ3v) is 5.82. The lowest BCUT2D eigenvalue weighted by Crippen LogP contribution is -2.58. The zero-order valence-corrected chi connectivity index (χ0v) is 20.0. The Bertz CT molecular complexity index is 1300. The van der Waals surface area contributed by atoms with Crippen molar-refractivity contribution in [2.75, 3.05) is 19.1 Å². The van der Waals surface area contributed by atoms with E-state index in [9.17, 15) is 45.1 Å². The summed E-state index contributed by atoms with van der Waals surface area (Å²) < 4.78 is 101. The van der Waals surface area contributed by atoms with Crippen LogP contribution in [0.1, 0.15) is 50.6 Å². The highest BCUT2D eigenvalue weighted by Gasteiger charge is 2.76. The Kier molecular flexibility index (Phi) is 7.62. The molecule has 0 radical (unpaired) electrons. The summed E-state index contributed by atoms with van der Waals surface area (Å²) in [5.41, 5.74) is 1.42. The molecule has 1 aliphatic carbocycles. The van der Waals surface area contributed by atoms with Crippen molar-refractivity contribution in [3.05, 3.63) is 52.5 Å². The van der Waals surface area contributed by atoms with E-state index in [1.165, 1.54) is 26.1 Å². The number of benzene rings is 1. The van der Waals surface area contributed by atoms with Crippen LogP contribution in [-0.4, -0.2) is 55.7 Å². The SMILES string of the molecule is COC(=O)c1ccccc1N(C)C(=O)c1oc2c(c1C)/C(=N/NC(=O)C(F)(F)C(F)(F)C(F)(F)F)CCC2. The monoisotopic (exact) mass is 551 g/mol. The lowest BCUT2D eigenvalue weighted by Gasteiger charge is -2.26. The van der Waals surface area contributed by atoms with Crippen LogP contribution in [0, 0.1) is 6.92 Å². The summed E-state index contributed by atoms with van der Waals surface area (Å²) in [6.07, 6.45) is -6.16. The minimum absolute atomic E-state index is 0.00350. The van der Waals surface area contributed by atoms with E-state index >= 15 is 0 Å². The van der Waals surface area contributed by atoms with Gasteiger partial charge in [0, 0.05) is 24.6 Å². The van der Waals surface area contributed by atoms with Gasteiger partial charge in [0.05, 0.1) is 24.1 Å². The van der Waals surface area contributed by atoms with Gasteiger partial charge in [-0.15, -0.1) is 0 Å². The van der Waals surface area contributed by atoms with Gasteiger partial charge in [0.1, 0.15) is 5.76 Å². The first-order valence-corrected chi connectivity index (χ1v) is 10.8. The Balaban J connectivity index is 1.93. The summed E-state index contributed by atoms with van der Waals surface area (Å²) in [6.45, 7) is 1.41. The number of hydrogen-bond donors (Lipinski definition) is 1. The molecule has 0 saturated carbocycles. The van der Waals surface area contributed by atoms with Crippen LogP contribution < -0.4 is 10.3 Å². The number of alkyl halides is 7. The molecule has 1 aromatic heterocycles. The molecule has 0 saturated heterocycles. The molecule has 15 heteroatoms. The number of anilines is 1. The van der Waals surface area contributed by atoms with Crippen molar-refractivity contribution < 1.29 is 54.3 Å². The molecule has 2 aromatic rings. The molecule has 2 amide bonds. The van der Waals surface area contributed by atoms with Crippen LogP contribution >= 0.6 is 0 Å². The summed E-state index contributed by atoms with van der Waals surface area (Å²) in [4.78, 5) is 38.0. The predicted molar refractivity (Wildman–Crippen MR) is 118 cm³/mol. The quantitative estimate of drug-likeness (QED) is 0.320. The highest BCUT2D eigenvalue weighted by molar-refractivity contribution is 6.11. The molecule has 0 unspecified atom stereocenters. The largest absolute Gasteiger partial charge is 0.465 e. The van der Waals surface area contributed by atoms with Crippen molar-refractivity contribution >= 4 is 29.2 Å². The number of aryl methyl sites for hydroxylation is 1. The van der Waals surface area contributed by atoms with E-state index in [0.29, 0.717) is 0 Å². The number of furan rings is 1. The van der Waals surface area contributed by atoms with Gasteiger partial charge in [0.2, 0.25) is 0 Å². The molecule has 0 fully saturated rings. The average molecular weight is 551 g/mol. The van der Waals surface area contributed by atoms with E-state index in [1.807, 2.05) is 0 Å². The van der Waals surface area contributed by atoms with Crippen molar-refractivity contribution in [3.8, 4) is 0 Å². The topological polar surface area (TPSA) is 101 Å². The molecule has 0 atom stereocenters. The molecule has 1 heterocycles. The number of amides is 2. The summed E-state index contributed by atoms with van der Waals surface area (Å²) in [7, 11) is 2.51. The number of hydrogen-bond acceptors (Lipinski definition) is 6. The maximum Gasteiger partial charge on any atom is 0.460 e. The van der Waals surface area contributed by atoms with Gasteiger partial charge in [0.25, 0.3) is 5.91 Å². The van der Waals surface area contributed by atoms with Gasteiger partial charge in [-0.05, 0) is 31.9 Å². The highest BCUT2D eigenvalue weighted by Crippen LogP contribution is 2.46. The van der Waals surface area contributed by atoms with Crippen LogP contribution in [0.5, 0.6) is 0 Å². The van der Waals surface area contributed by atoms with E-state index in [4.69, 9.17) is 9.15 Å². The van der Waals surface area contributed by atoms with Gasteiger partial charge in [-0.3, -0.25) is 9.59 Å². The molecule has 0 spiro atoms. The lowest BCUT2D eigenvalue weighted by atomic mass is 9.93. The molecule has 0 aliphatic heterocycles. The standard InChI is InChI=1S/C23H20F7N3O5/c1-11-16-13(31-32-20(36)21(24,25)22(26,27)23(28,29)30)8-6-10-15(16)38-17(11)18(34)33(2)14-9-5-4-7-12(14)19(35)37-3/h4-5,7,9H,6,8,10H2,1-3H3,(H,32,36)/b31-13+. The maximum absolute atomic E-state index is 13.6. The van der Waals surface area contributed by atoms with Crippen molar-refractivity contribution in [2.45, 2.75) is 44.2 Å². The van der Waals surface area contributed by atoms with Crippen LogP contribution in [0.4, 0.5) is 36.4 Å². The Labute approximate surface area is 210 Å². The molecular weight excluding hydrogens is 531 g/mol. The fraction of sp³-hybridized carbons (Fsp3) is 0.391. The fourth-order valence-corrected chi connectivity index (χ4v) is 3.80. The van der Waals surface area contributed by atoms with Crippen LogP contribution in [0.3, 0.4) is 0 Å². The Morgan fingerprint density at radius 3 is 2.29 bits per heavy atom. The second kappa shape index (κ2) is 10.1. The van der Waals surface area contributed by atoms with Gasteiger partial charge in [-0.25, -0.2) is 10.2 Å². The molecule has 1 aliphatic rings. The number of fused-ring (bicyclic) bond motifs is 1. The molecule has 38 heavy (non-hydrogen) atoms. The van der Waals surface area contributed by atoms with Crippen LogP contribution in [0.15, 0.2) is 33.8 Å². The number of carbonyl (C=O) groups excluding carboxylic acids is 3. The molecular formula is C23H20F7N3O5. The van der Waals surface area contributed by atoms with Crippen LogP contribution in [0.2, 0.25) is 0 Å². The number of nitrogens with one attached hydrogen (secondary N) is 1. The molecule has 3 rings (SSSR count). The Morgan fingerprint density at radius 1 is 1.05 bits per heavy atom. The van der Waals surface area contributed by atoms with Gasteiger partial charge >= 0.3 is 29.9 Å². The van der Waals surface area contributed by atoms with Crippen LogP contribution in [-0.2, 0) is 16.0 Å². The summed E-state index contributed by atoms with van der Waals surface area (Å²) in [5, 5.41) is 3.36. The van der Waals surface area contributed by atoms with Crippen molar-refractivity contribution in [1.82, 2.24) is 5.43 Å². The molecule has 1 aromatic carbocycles.